The van der Waals surface area contributed by atoms with Gasteiger partial charge < -0.3 is 15.0 Å². The van der Waals surface area contributed by atoms with Crippen LogP contribution in [0.2, 0.25) is 0 Å². The molecular formula is C25H19F3N8O2. The molecule has 3 aromatic heterocycles. The molecule has 0 aliphatic heterocycles. The number of anilines is 1. The van der Waals surface area contributed by atoms with Gasteiger partial charge in [-0.3, -0.25) is 4.79 Å². The summed E-state index contributed by atoms with van der Waals surface area (Å²) >= 11 is 0. The van der Waals surface area contributed by atoms with Gasteiger partial charge in [0.1, 0.15) is 17.3 Å². The third-order valence-corrected chi connectivity index (χ3v) is 5.58. The van der Waals surface area contributed by atoms with Crippen molar-refractivity contribution in [1.29, 1.82) is 0 Å². The van der Waals surface area contributed by atoms with Gasteiger partial charge in [-0.1, -0.05) is 24.3 Å². The van der Waals surface area contributed by atoms with Gasteiger partial charge in [-0.25, -0.2) is 9.97 Å². The first-order valence-corrected chi connectivity index (χ1v) is 11.2. The van der Waals surface area contributed by atoms with Gasteiger partial charge in [0, 0.05) is 17.3 Å². The van der Waals surface area contributed by atoms with Crippen LogP contribution in [0.1, 0.15) is 27.3 Å². The number of H-pyrrole nitrogens is 2. The SMILES string of the molecule is Cc1cc(Oc2ccccc2-c2nn[nH]n2)ncc1NC(=O)c1nc(-c2cccc(C(F)(F)F)c2)[nH]c1C. The predicted molar refractivity (Wildman–Crippen MR) is 130 cm³/mol. The first kappa shape index (κ1) is 24.6. The van der Waals surface area contributed by atoms with Crippen LogP contribution in [-0.2, 0) is 6.18 Å². The molecule has 3 N–H and O–H groups in total. The molecule has 2 aromatic carbocycles. The van der Waals surface area contributed by atoms with Gasteiger partial charge in [0.05, 0.1) is 23.0 Å². The average Bonchev–Trinajstić information content (AvgIpc) is 3.56. The molecule has 13 heteroatoms. The molecule has 1 amide bonds. The summed E-state index contributed by atoms with van der Waals surface area (Å²) in [5.74, 6) is 0.710. The lowest BCUT2D eigenvalue weighted by Gasteiger charge is -2.11. The minimum atomic E-state index is -4.49. The molecule has 0 bridgehead atoms. The third kappa shape index (κ3) is 5.07. The second kappa shape index (κ2) is 9.76. The highest BCUT2D eigenvalue weighted by molar-refractivity contribution is 6.04. The Bertz CT molecular complexity index is 1610. The van der Waals surface area contributed by atoms with Gasteiger partial charge in [0.2, 0.25) is 11.7 Å². The molecule has 0 radical (unpaired) electrons. The number of aromatic amines is 2. The Balaban J connectivity index is 1.33. The molecule has 0 fully saturated rings. The molecule has 5 rings (SSSR count). The molecule has 5 aromatic rings. The summed E-state index contributed by atoms with van der Waals surface area (Å²) in [5.41, 5.74) is 1.54. The van der Waals surface area contributed by atoms with Crippen molar-refractivity contribution in [3.05, 3.63) is 83.3 Å². The van der Waals surface area contributed by atoms with Crippen molar-refractivity contribution in [2.45, 2.75) is 20.0 Å². The average molecular weight is 520 g/mol. The number of rotatable bonds is 6. The summed E-state index contributed by atoms with van der Waals surface area (Å²) in [6, 6.07) is 13.5. The maximum atomic E-state index is 13.1. The number of hydrogen-bond donors (Lipinski definition) is 3. The van der Waals surface area contributed by atoms with Crippen molar-refractivity contribution in [1.82, 2.24) is 35.6 Å². The van der Waals surface area contributed by atoms with Gasteiger partial charge in [-0.05, 0) is 48.9 Å². The lowest BCUT2D eigenvalue weighted by Crippen LogP contribution is -2.14. The number of nitrogens with zero attached hydrogens (tertiary/aromatic N) is 5. The molecule has 0 saturated heterocycles. The van der Waals surface area contributed by atoms with Crippen LogP contribution in [-0.4, -0.2) is 41.5 Å². The summed E-state index contributed by atoms with van der Waals surface area (Å²) in [5, 5.41) is 16.6. The highest BCUT2D eigenvalue weighted by Gasteiger charge is 2.30. The number of hydrogen-bond acceptors (Lipinski definition) is 7. The number of ether oxygens (including phenoxy) is 1. The fourth-order valence-corrected chi connectivity index (χ4v) is 3.69. The lowest BCUT2D eigenvalue weighted by molar-refractivity contribution is -0.137. The van der Waals surface area contributed by atoms with Crippen molar-refractivity contribution < 1.29 is 22.7 Å². The number of alkyl halides is 3. The van der Waals surface area contributed by atoms with Crippen LogP contribution in [0.5, 0.6) is 11.6 Å². The zero-order chi connectivity index (χ0) is 26.9. The fraction of sp³-hybridized carbons (Fsp3) is 0.120. The number of nitrogens with one attached hydrogen (secondary N) is 3. The highest BCUT2D eigenvalue weighted by atomic mass is 19.4. The van der Waals surface area contributed by atoms with Gasteiger partial charge in [-0.2, -0.15) is 18.4 Å². The summed E-state index contributed by atoms with van der Waals surface area (Å²) in [7, 11) is 0. The number of pyridine rings is 1. The second-order valence-electron chi connectivity index (χ2n) is 8.26. The smallest absolute Gasteiger partial charge is 0.416 e. The molecule has 0 unspecified atom stereocenters. The molecule has 0 spiro atoms. The number of halogens is 3. The molecule has 3 heterocycles. The van der Waals surface area contributed by atoms with E-state index in [0.717, 1.165) is 12.1 Å². The van der Waals surface area contributed by atoms with E-state index < -0.39 is 17.6 Å². The zero-order valence-corrected chi connectivity index (χ0v) is 20.0. The van der Waals surface area contributed by atoms with E-state index in [1.54, 1.807) is 38.1 Å². The quantitative estimate of drug-likeness (QED) is 0.275. The Labute approximate surface area is 213 Å². The number of carbonyl (C=O) groups excluding carboxylic acids is 1. The second-order valence-corrected chi connectivity index (χ2v) is 8.26. The van der Waals surface area contributed by atoms with E-state index in [2.05, 4.69) is 40.9 Å². The molecule has 38 heavy (non-hydrogen) atoms. The van der Waals surface area contributed by atoms with Crippen LogP contribution >= 0.6 is 0 Å². The largest absolute Gasteiger partial charge is 0.438 e. The Morgan fingerprint density at radius 1 is 1.05 bits per heavy atom. The van der Waals surface area contributed by atoms with E-state index in [4.69, 9.17) is 4.74 Å². The van der Waals surface area contributed by atoms with E-state index in [0.29, 0.717) is 34.1 Å². The van der Waals surface area contributed by atoms with E-state index in [1.165, 1.54) is 18.3 Å². The standard InChI is InChI=1S/C25H19F3N8O2/c1-13-10-20(38-19-9-4-3-8-17(19)23-33-35-36-34-23)29-12-18(13)31-24(37)21-14(2)30-22(32-21)15-6-5-7-16(11-15)25(26,27)28/h3-12H,1-2H3,(H,30,32)(H,31,37)(H,33,34,35,36). The van der Waals surface area contributed by atoms with Gasteiger partial charge in [-0.15, -0.1) is 10.2 Å². The van der Waals surface area contributed by atoms with Crippen molar-refractivity contribution in [3.8, 4) is 34.4 Å². The summed E-state index contributed by atoms with van der Waals surface area (Å²) in [6.45, 7) is 3.38. The number of tetrazole rings is 1. The first-order chi connectivity index (χ1) is 18.2. The molecule has 0 aliphatic carbocycles. The highest BCUT2D eigenvalue weighted by Crippen LogP contribution is 2.33. The van der Waals surface area contributed by atoms with Gasteiger partial charge in [0.25, 0.3) is 5.91 Å². The van der Waals surface area contributed by atoms with E-state index in [-0.39, 0.29) is 23.0 Å². The number of benzene rings is 2. The van der Waals surface area contributed by atoms with Crippen LogP contribution in [0.15, 0.2) is 60.8 Å². The maximum absolute atomic E-state index is 13.1. The van der Waals surface area contributed by atoms with Crippen LogP contribution < -0.4 is 10.1 Å². The number of para-hydroxylation sites is 1. The van der Waals surface area contributed by atoms with Crippen LogP contribution in [0.4, 0.5) is 18.9 Å². The normalized spacial score (nSPS) is 11.4. The van der Waals surface area contributed by atoms with Crippen LogP contribution in [0.3, 0.4) is 0 Å². The Hall–Kier alpha value is -5.07. The topological polar surface area (TPSA) is 134 Å². The number of amides is 1. The minimum absolute atomic E-state index is 0.0474. The van der Waals surface area contributed by atoms with Crippen molar-refractivity contribution in [3.63, 3.8) is 0 Å². The Morgan fingerprint density at radius 3 is 2.61 bits per heavy atom. The Kier molecular flexibility index (Phi) is 6.33. The number of imidazole rings is 1. The molecule has 10 nitrogen and oxygen atoms in total. The molecule has 0 aliphatic rings. The minimum Gasteiger partial charge on any atom is -0.438 e. The molecule has 0 atom stereocenters. The molecule has 192 valence electrons. The monoisotopic (exact) mass is 520 g/mol. The third-order valence-electron chi connectivity index (χ3n) is 5.58. The van der Waals surface area contributed by atoms with Crippen LogP contribution in [0.25, 0.3) is 22.8 Å². The van der Waals surface area contributed by atoms with Crippen LogP contribution in [0, 0.1) is 13.8 Å². The summed E-state index contributed by atoms with van der Waals surface area (Å²) < 4.78 is 45.2. The maximum Gasteiger partial charge on any atom is 0.416 e. The molecule has 0 saturated carbocycles. The molecular weight excluding hydrogens is 501 g/mol. The predicted octanol–water partition coefficient (Wildman–Crippen LogP) is 5.33. The summed E-state index contributed by atoms with van der Waals surface area (Å²) in [4.78, 5) is 24.3. The van der Waals surface area contributed by atoms with E-state index in [9.17, 15) is 18.0 Å². The summed E-state index contributed by atoms with van der Waals surface area (Å²) in [6.07, 6.45) is -3.05. The van der Waals surface area contributed by atoms with Crippen molar-refractivity contribution in [2.75, 3.05) is 5.32 Å². The van der Waals surface area contributed by atoms with Crippen molar-refractivity contribution in [2.24, 2.45) is 0 Å². The Morgan fingerprint density at radius 2 is 1.87 bits per heavy atom. The van der Waals surface area contributed by atoms with Gasteiger partial charge >= 0.3 is 6.18 Å². The lowest BCUT2D eigenvalue weighted by atomic mass is 10.1. The fourth-order valence-electron chi connectivity index (χ4n) is 3.69. The van der Waals surface area contributed by atoms with Gasteiger partial charge in [0.15, 0.2) is 0 Å². The van der Waals surface area contributed by atoms with E-state index >= 15 is 0 Å². The number of aryl methyl sites for hydroxylation is 2. The number of carbonyl (C=O) groups is 1. The van der Waals surface area contributed by atoms with Crippen molar-refractivity contribution >= 4 is 11.6 Å². The first-order valence-electron chi connectivity index (χ1n) is 11.2. The zero-order valence-electron chi connectivity index (χ0n) is 20.0. The van der Waals surface area contributed by atoms with E-state index in [1.807, 2.05) is 6.07 Å². The number of aromatic nitrogens is 7.